The average Bonchev–Trinajstić information content (AvgIpc) is 2.25. The molecule has 0 bridgehead atoms. The van der Waals surface area contributed by atoms with Crippen molar-refractivity contribution in [2.45, 2.75) is 26.9 Å². The highest BCUT2D eigenvalue weighted by atomic mass is 79.9. The molecule has 0 radical (unpaired) electrons. The van der Waals surface area contributed by atoms with Gasteiger partial charge in [-0.2, -0.15) is 5.26 Å². The highest BCUT2D eigenvalue weighted by Crippen LogP contribution is 2.24. The highest BCUT2D eigenvalue weighted by Gasteiger charge is 2.22. The Hall–Kier alpha value is -1.05. The van der Waals surface area contributed by atoms with Gasteiger partial charge < -0.3 is 9.84 Å². The van der Waals surface area contributed by atoms with Gasteiger partial charge in [0, 0.05) is 4.47 Å². The Bertz CT molecular complexity index is 432. The Morgan fingerprint density at radius 2 is 2.12 bits per heavy atom. The van der Waals surface area contributed by atoms with E-state index < -0.39 is 6.10 Å². The Kier molecular flexibility index (Phi) is 4.55. The third-order valence-corrected chi connectivity index (χ3v) is 2.95. The maximum atomic E-state index is 9.85. The standard InChI is InChI=1S/C13H16BrNO2/c1-13(2,3)12(16)8-17-11-5-4-10(14)6-9(11)7-15/h4-6,12,16H,8H2,1-3H3. The normalized spacial score (nSPS) is 12.9. The lowest BCUT2D eigenvalue weighted by molar-refractivity contribution is 0.0217. The fourth-order valence-corrected chi connectivity index (χ4v) is 1.50. The Balaban J connectivity index is 2.74. The van der Waals surface area contributed by atoms with Crippen molar-refractivity contribution < 1.29 is 9.84 Å². The van der Waals surface area contributed by atoms with E-state index >= 15 is 0 Å². The molecule has 92 valence electrons. The van der Waals surface area contributed by atoms with E-state index in [1.807, 2.05) is 20.8 Å². The molecule has 1 aromatic carbocycles. The van der Waals surface area contributed by atoms with Gasteiger partial charge in [-0.05, 0) is 23.6 Å². The molecule has 1 N–H and O–H groups in total. The van der Waals surface area contributed by atoms with Crippen molar-refractivity contribution in [3.63, 3.8) is 0 Å². The lowest BCUT2D eigenvalue weighted by atomic mass is 9.90. The van der Waals surface area contributed by atoms with Crippen molar-refractivity contribution in [3.8, 4) is 11.8 Å². The molecule has 0 fully saturated rings. The fourth-order valence-electron chi connectivity index (χ4n) is 1.13. The smallest absolute Gasteiger partial charge is 0.137 e. The van der Waals surface area contributed by atoms with Crippen LogP contribution in [0.15, 0.2) is 22.7 Å². The Morgan fingerprint density at radius 3 is 2.65 bits per heavy atom. The van der Waals surface area contributed by atoms with Crippen LogP contribution in [0.3, 0.4) is 0 Å². The predicted octanol–water partition coefficient (Wildman–Crippen LogP) is 3.11. The van der Waals surface area contributed by atoms with Crippen LogP contribution >= 0.6 is 15.9 Å². The number of hydrogen-bond acceptors (Lipinski definition) is 3. The number of nitrogens with zero attached hydrogens (tertiary/aromatic N) is 1. The largest absolute Gasteiger partial charge is 0.489 e. The summed E-state index contributed by atoms with van der Waals surface area (Å²) < 4.78 is 6.31. The summed E-state index contributed by atoms with van der Waals surface area (Å²) >= 11 is 3.29. The molecule has 17 heavy (non-hydrogen) atoms. The van der Waals surface area contributed by atoms with Gasteiger partial charge in [0.15, 0.2) is 0 Å². The van der Waals surface area contributed by atoms with E-state index in [1.165, 1.54) is 0 Å². The van der Waals surface area contributed by atoms with Crippen LogP contribution in [-0.4, -0.2) is 17.8 Å². The van der Waals surface area contributed by atoms with Gasteiger partial charge >= 0.3 is 0 Å². The van der Waals surface area contributed by atoms with Crippen molar-refractivity contribution in [2.24, 2.45) is 5.41 Å². The van der Waals surface area contributed by atoms with Gasteiger partial charge in [0.2, 0.25) is 0 Å². The quantitative estimate of drug-likeness (QED) is 0.933. The molecule has 1 atom stereocenters. The first kappa shape index (κ1) is 14.0. The molecule has 0 aliphatic rings. The van der Waals surface area contributed by atoms with E-state index in [9.17, 15) is 5.11 Å². The lowest BCUT2D eigenvalue weighted by Gasteiger charge is -2.25. The molecule has 0 heterocycles. The van der Waals surface area contributed by atoms with Crippen molar-refractivity contribution >= 4 is 15.9 Å². The average molecular weight is 298 g/mol. The molecule has 3 nitrogen and oxygen atoms in total. The first-order valence-electron chi connectivity index (χ1n) is 5.35. The van der Waals surface area contributed by atoms with E-state index in [1.54, 1.807) is 18.2 Å². The third-order valence-electron chi connectivity index (χ3n) is 2.46. The van der Waals surface area contributed by atoms with Crippen LogP contribution < -0.4 is 4.74 Å². The minimum atomic E-state index is -0.572. The molecule has 0 aromatic heterocycles. The number of aliphatic hydroxyl groups excluding tert-OH is 1. The molecule has 4 heteroatoms. The number of rotatable bonds is 3. The summed E-state index contributed by atoms with van der Waals surface area (Å²) in [4.78, 5) is 0. The van der Waals surface area contributed by atoms with E-state index in [2.05, 4.69) is 22.0 Å². The molecule has 0 saturated carbocycles. The van der Waals surface area contributed by atoms with E-state index in [4.69, 9.17) is 10.00 Å². The minimum absolute atomic E-state index is 0.180. The fraction of sp³-hybridized carbons (Fsp3) is 0.462. The van der Waals surface area contributed by atoms with Gasteiger partial charge in [-0.25, -0.2) is 0 Å². The number of nitriles is 1. The number of aliphatic hydroxyl groups is 1. The van der Waals surface area contributed by atoms with Crippen molar-refractivity contribution in [2.75, 3.05) is 6.61 Å². The lowest BCUT2D eigenvalue weighted by Crippen LogP contribution is -2.32. The molecule has 1 unspecified atom stereocenters. The summed E-state index contributed by atoms with van der Waals surface area (Å²) in [6, 6.07) is 7.28. The molecule has 0 amide bonds. The SMILES string of the molecule is CC(C)(C)C(O)COc1ccc(Br)cc1C#N. The number of hydrogen-bond donors (Lipinski definition) is 1. The van der Waals surface area contributed by atoms with Crippen LogP contribution in [0, 0.1) is 16.7 Å². The van der Waals surface area contributed by atoms with Crippen LogP contribution in [0.4, 0.5) is 0 Å². The van der Waals surface area contributed by atoms with Gasteiger partial charge in [-0.3, -0.25) is 0 Å². The third kappa shape index (κ3) is 4.03. The van der Waals surface area contributed by atoms with Gasteiger partial charge in [0.25, 0.3) is 0 Å². The van der Waals surface area contributed by atoms with Crippen molar-refractivity contribution in [3.05, 3.63) is 28.2 Å². The van der Waals surface area contributed by atoms with E-state index in [-0.39, 0.29) is 12.0 Å². The maximum absolute atomic E-state index is 9.85. The topological polar surface area (TPSA) is 53.2 Å². The summed E-state index contributed by atoms with van der Waals surface area (Å²) in [5, 5.41) is 18.8. The maximum Gasteiger partial charge on any atom is 0.137 e. The first-order valence-corrected chi connectivity index (χ1v) is 6.14. The first-order chi connectivity index (χ1) is 7.84. The predicted molar refractivity (Wildman–Crippen MR) is 69.8 cm³/mol. The summed E-state index contributed by atoms with van der Waals surface area (Å²) in [6.45, 7) is 6.00. The van der Waals surface area contributed by atoms with Crippen molar-refractivity contribution in [1.82, 2.24) is 0 Å². The second-order valence-electron chi connectivity index (χ2n) is 4.95. The molecule has 0 spiro atoms. The van der Waals surface area contributed by atoms with Crippen LogP contribution in [-0.2, 0) is 0 Å². The van der Waals surface area contributed by atoms with Crippen molar-refractivity contribution in [1.29, 1.82) is 5.26 Å². The van der Waals surface area contributed by atoms with E-state index in [0.717, 1.165) is 4.47 Å². The molecule has 0 saturated heterocycles. The molecular formula is C13H16BrNO2. The van der Waals surface area contributed by atoms with Gasteiger partial charge in [0.05, 0.1) is 11.7 Å². The van der Waals surface area contributed by atoms with Gasteiger partial charge in [-0.1, -0.05) is 36.7 Å². The second-order valence-corrected chi connectivity index (χ2v) is 5.86. The zero-order valence-corrected chi connectivity index (χ0v) is 11.8. The number of halogens is 1. The number of ether oxygens (including phenoxy) is 1. The van der Waals surface area contributed by atoms with Gasteiger partial charge in [0.1, 0.15) is 18.4 Å². The summed E-state index contributed by atoms with van der Waals surface area (Å²) in [7, 11) is 0. The zero-order valence-electron chi connectivity index (χ0n) is 10.2. The van der Waals surface area contributed by atoms with Crippen LogP contribution in [0.2, 0.25) is 0 Å². The summed E-state index contributed by atoms with van der Waals surface area (Å²) in [5.74, 6) is 0.499. The Morgan fingerprint density at radius 1 is 1.47 bits per heavy atom. The van der Waals surface area contributed by atoms with Gasteiger partial charge in [-0.15, -0.1) is 0 Å². The molecule has 1 rings (SSSR count). The molecule has 1 aromatic rings. The molecule has 0 aliphatic heterocycles. The minimum Gasteiger partial charge on any atom is -0.489 e. The Labute approximate surface area is 110 Å². The monoisotopic (exact) mass is 297 g/mol. The molecule has 0 aliphatic carbocycles. The van der Waals surface area contributed by atoms with Crippen LogP contribution in [0.25, 0.3) is 0 Å². The number of benzene rings is 1. The van der Waals surface area contributed by atoms with Crippen LogP contribution in [0.5, 0.6) is 5.75 Å². The van der Waals surface area contributed by atoms with E-state index in [0.29, 0.717) is 11.3 Å². The summed E-state index contributed by atoms with van der Waals surface area (Å²) in [6.07, 6.45) is -0.572. The summed E-state index contributed by atoms with van der Waals surface area (Å²) in [5.41, 5.74) is 0.225. The van der Waals surface area contributed by atoms with Crippen LogP contribution in [0.1, 0.15) is 26.3 Å². The zero-order chi connectivity index (χ0) is 13.1. The molecular weight excluding hydrogens is 282 g/mol. The second kappa shape index (κ2) is 5.52. The highest BCUT2D eigenvalue weighted by molar-refractivity contribution is 9.10.